The second-order valence-corrected chi connectivity index (χ2v) is 9.96. The van der Waals surface area contributed by atoms with E-state index in [1.807, 2.05) is 0 Å². The number of ketones is 1. The number of ether oxygens (including phenoxy) is 4. The number of rotatable bonds is 17. The summed E-state index contributed by atoms with van der Waals surface area (Å²) in [4.78, 5) is 47.6. The molecule has 0 aliphatic carbocycles. The van der Waals surface area contributed by atoms with Crippen LogP contribution in [0.1, 0.15) is 35.7 Å². The van der Waals surface area contributed by atoms with Crippen LogP contribution in [0.3, 0.4) is 0 Å². The van der Waals surface area contributed by atoms with Gasteiger partial charge in [0.25, 0.3) is 5.91 Å². The lowest BCUT2D eigenvalue weighted by molar-refractivity contribution is -0.137. The zero-order valence-corrected chi connectivity index (χ0v) is 25.6. The van der Waals surface area contributed by atoms with Crippen LogP contribution in [-0.2, 0) is 30.0 Å². The lowest BCUT2D eigenvalue weighted by atomic mass is 10.1. The number of methoxy groups -OCH3 is 1. The molecule has 2 aromatic rings. The van der Waals surface area contributed by atoms with Crippen LogP contribution < -0.4 is 15.4 Å². The summed E-state index contributed by atoms with van der Waals surface area (Å²) in [7, 11) is 2.73. The Morgan fingerprint density at radius 2 is 1.51 bits per heavy atom. The van der Waals surface area contributed by atoms with Crippen molar-refractivity contribution in [3.05, 3.63) is 35.5 Å². The molecule has 248 valence electrons. The van der Waals surface area contributed by atoms with Gasteiger partial charge in [0.2, 0.25) is 11.9 Å². The van der Waals surface area contributed by atoms with Gasteiger partial charge in [0.15, 0.2) is 0 Å². The number of amides is 2. The second-order valence-electron chi connectivity index (χ2n) is 9.96. The van der Waals surface area contributed by atoms with Crippen molar-refractivity contribution in [3.8, 4) is 5.75 Å². The fourth-order valence-corrected chi connectivity index (χ4v) is 4.30. The molecule has 1 fully saturated rings. The molecular weight excluding hydrogens is 601 g/mol. The Balaban J connectivity index is 1.41. The van der Waals surface area contributed by atoms with Gasteiger partial charge in [-0.2, -0.15) is 18.2 Å². The third-order valence-electron chi connectivity index (χ3n) is 6.75. The van der Waals surface area contributed by atoms with E-state index >= 15 is 0 Å². The first-order chi connectivity index (χ1) is 21.5. The van der Waals surface area contributed by atoms with Crippen molar-refractivity contribution in [2.75, 3.05) is 90.6 Å². The highest BCUT2D eigenvalue weighted by atomic mass is 19.4. The lowest BCUT2D eigenvalue weighted by Crippen LogP contribution is -2.50. The van der Waals surface area contributed by atoms with Crippen LogP contribution in [0, 0.1) is 0 Å². The van der Waals surface area contributed by atoms with Gasteiger partial charge < -0.3 is 39.4 Å². The smallest absolute Gasteiger partial charge is 0.421 e. The molecule has 45 heavy (non-hydrogen) atoms. The van der Waals surface area contributed by atoms with Crippen molar-refractivity contribution < 1.29 is 46.5 Å². The lowest BCUT2D eigenvalue weighted by Gasteiger charge is -2.35. The molecule has 1 saturated heterocycles. The highest BCUT2D eigenvalue weighted by Gasteiger charge is 2.35. The van der Waals surface area contributed by atoms with E-state index in [0.29, 0.717) is 83.1 Å². The number of aromatic nitrogens is 2. The average Bonchev–Trinajstić information content (AvgIpc) is 3.02. The predicted molar refractivity (Wildman–Crippen MR) is 158 cm³/mol. The minimum absolute atomic E-state index is 0.0640. The Labute approximate surface area is 259 Å². The number of Topliss-reactive ketones (excluding diaryl/α,β-unsaturated/α-hetero) is 1. The van der Waals surface area contributed by atoms with Gasteiger partial charge in [0, 0.05) is 51.4 Å². The van der Waals surface area contributed by atoms with Crippen LogP contribution >= 0.6 is 0 Å². The zero-order valence-electron chi connectivity index (χ0n) is 25.6. The van der Waals surface area contributed by atoms with E-state index in [2.05, 4.69) is 20.6 Å². The molecule has 16 heteroatoms. The molecule has 13 nitrogen and oxygen atoms in total. The fraction of sp³-hybridized carbons (Fsp3) is 0.552. The first kappa shape index (κ1) is 35.5. The Morgan fingerprint density at radius 1 is 0.911 bits per heavy atom. The molecule has 0 spiro atoms. The number of benzene rings is 1. The molecule has 0 bridgehead atoms. The molecule has 0 atom stereocenters. The Kier molecular flexibility index (Phi) is 13.8. The van der Waals surface area contributed by atoms with Crippen molar-refractivity contribution in [1.29, 1.82) is 0 Å². The molecular formula is C29H39F3N6O7. The van der Waals surface area contributed by atoms with E-state index in [0.717, 1.165) is 0 Å². The molecule has 1 aliphatic heterocycles. The van der Waals surface area contributed by atoms with Crippen LogP contribution in [0.2, 0.25) is 0 Å². The highest BCUT2D eigenvalue weighted by Crippen LogP contribution is 2.34. The van der Waals surface area contributed by atoms with Crippen molar-refractivity contribution in [2.24, 2.45) is 0 Å². The SMILES string of the molecule is CNc1nc(Nc2ccc(C(=O)N3CCN(C(=O)CCOCCOCCOCCC(C)=O)CC3)cc2OC)ncc1C(F)(F)F. The van der Waals surface area contributed by atoms with Gasteiger partial charge in [-0.25, -0.2) is 4.98 Å². The van der Waals surface area contributed by atoms with Crippen LogP contribution in [-0.4, -0.2) is 117 Å². The van der Waals surface area contributed by atoms with Gasteiger partial charge in [-0.15, -0.1) is 0 Å². The largest absolute Gasteiger partial charge is 0.495 e. The summed E-state index contributed by atoms with van der Waals surface area (Å²) in [6.07, 6.45) is -3.33. The number of hydrogen-bond acceptors (Lipinski definition) is 11. The number of hydrogen-bond donors (Lipinski definition) is 2. The molecule has 1 aromatic heterocycles. The number of anilines is 3. The summed E-state index contributed by atoms with van der Waals surface area (Å²) in [5.74, 6) is -0.438. The number of carbonyl (C=O) groups is 3. The van der Waals surface area contributed by atoms with E-state index in [9.17, 15) is 27.6 Å². The summed E-state index contributed by atoms with van der Waals surface area (Å²) >= 11 is 0. The molecule has 1 aliphatic rings. The molecule has 1 aromatic carbocycles. The van der Waals surface area contributed by atoms with E-state index in [1.165, 1.54) is 27.1 Å². The van der Waals surface area contributed by atoms with Gasteiger partial charge in [-0.3, -0.25) is 14.4 Å². The third-order valence-corrected chi connectivity index (χ3v) is 6.75. The van der Waals surface area contributed by atoms with Crippen molar-refractivity contribution >= 4 is 35.1 Å². The minimum atomic E-state index is -4.62. The monoisotopic (exact) mass is 640 g/mol. The summed E-state index contributed by atoms with van der Waals surface area (Å²) in [6, 6.07) is 4.64. The summed E-state index contributed by atoms with van der Waals surface area (Å²) in [5, 5.41) is 5.25. The van der Waals surface area contributed by atoms with Gasteiger partial charge in [0.1, 0.15) is 22.9 Å². The molecule has 0 radical (unpaired) electrons. The maximum absolute atomic E-state index is 13.2. The first-order valence-corrected chi connectivity index (χ1v) is 14.4. The molecule has 0 unspecified atom stereocenters. The second kappa shape index (κ2) is 17.5. The first-order valence-electron chi connectivity index (χ1n) is 14.4. The Morgan fingerprint density at radius 3 is 2.09 bits per heavy atom. The van der Waals surface area contributed by atoms with E-state index < -0.39 is 11.7 Å². The van der Waals surface area contributed by atoms with Crippen molar-refractivity contribution in [1.82, 2.24) is 19.8 Å². The summed E-state index contributed by atoms with van der Waals surface area (Å²) in [5.41, 5.74) is -0.295. The standard InChI is InChI=1S/C29H39F3N6O7/c1-20(39)6-12-43-14-16-45-17-15-44-13-7-25(40)37-8-10-38(11-9-37)27(41)21-4-5-23(24(18-21)42-3)35-28-34-19-22(29(30,31)32)26(33-2)36-28/h4-5,18-19H,6-17H2,1-3H3,(H2,33,34,35,36). The topological polar surface area (TPSA) is 144 Å². The number of nitrogens with zero attached hydrogens (tertiary/aromatic N) is 4. The highest BCUT2D eigenvalue weighted by molar-refractivity contribution is 5.95. The van der Waals surface area contributed by atoms with Crippen LogP contribution in [0.25, 0.3) is 0 Å². The maximum atomic E-state index is 13.2. The number of alkyl halides is 3. The summed E-state index contributed by atoms with van der Waals surface area (Å²) < 4.78 is 61.0. The molecule has 3 rings (SSSR count). The number of nitrogens with one attached hydrogen (secondary N) is 2. The third kappa shape index (κ3) is 11.1. The van der Waals surface area contributed by atoms with Gasteiger partial charge in [-0.05, 0) is 25.1 Å². The predicted octanol–water partition coefficient (Wildman–Crippen LogP) is 2.99. The number of carbonyl (C=O) groups excluding carboxylic acids is 3. The van der Waals surface area contributed by atoms with Gasteiger partial charge >= 0.3 is 6.18 Å². The van der Waals surface area contributed by atoms with Crippen LogP contribution in [0.15, 0.2) is 24.4 Å². The Bertz CT molecular complexity index is 1290. The molecule has 0 saturated carbocycles. The normalized spacial score (nSPS) is 13.5. The van der Waals surface area contributed by atoms with Gasteiger partial charge in [-0.1, -0.05) is 0 Å². The van der Waals surface area contributed by atoms with E-state index in [1.54, 1.807) is 21.9 Å². The summed E-state index contributed by atoms with van der Waals surface area (Å²) in [6.45, 7) is 5.11. The van der Waals surface area contributed by atoms with Crippen LogP contribution in [0.5, 0.6) is 5.75 Å². The fourth-order valence-electron chi connectivity index (χ4n) is 4.30. The molecule has 2 N–H and O–H groups in total. The van der Waals surface area contributed by atoms with E-state index in [-0.39, 0.29) is 48.1 Å². The number of piperazine rings is 1. The van der Waals surface area contributed by atoms with Gasteiger partial charge in [0.05, 0.1) is 58.9 Å². The zero-order chi connectivity index (χ0) is 32.8. The maximum Gasteiger partial charge on any atom is 0.421 e. The average molecular weight is 641 g/mol. The van der Waals surface area contributed by atoms with Crippen molar-refractivity contribution in [2.45, 2.75) is 25.9 Å². The quantitative estimate of drug-likeness (QED) is 0.246. The number of halogens is 3. The molecule has 2 heterocycles. The van der Waals surface area contributed by atoms with Crippen LogP contribution in [0.4, 0.5) is 30.6 Å². The molecule has 2 amide bonds. The van der Waals surface area contributed by atoms with Crippen molar-refractivity contribution in [3.63, 3.8) is 0 Å². The minimum Gasteiger partial charge on any atom is -0.495 e. The Hall–Kier alpha value is -4.02. The van der Waals surface area contributed by atoms with E-state index in [4.69, 9.17) is 18.9 Å².